The fourth-order valence-electron chi connectivity index (χ4n) is 2.48. The van der Waals surface area contributed by atoms with Crippen molar-refractivity contribution in [2.24, 2.45) is 0 Å². The van der Waals surface area contributed by atoms with Gasteiger partial charge in [0.25, 0.3) is 0 Å². The van der Waals surface area contributed by atoms with Gasteiger partial charge in [0.05, 0.1) is 18.0 Å². The Kier molecular flexibility index (Phi) is 3.58. The molecular weight excluding hydrogens is 260 g/mol. The highest BCUT2D eigenvalue weighted by atomic mass is 16.6. The number of nitrogens with one attached hydrogen (secondary N) is 1. The average molecular weight is 280 g/mol. The van der Waals surface area contributed by atoms with Crippen molar-refractivity contribution in [2.45, 2.75) is 12.0 Å². The molecule has 20 heavy (non-hydrogen) atoms. The summed E-state index contributed by atoms with van der Waals surface area (Å²) in [6.45, 7) is 3.09. The van der Waals surface area contributed by atoms with E-state index in [4.69, 9.17) is 24.7 Å². The fraction of sp³-hybridized carbons (Fsp3) is 0.571. The molecule has 1 fully saturated rings. The van der Waals surface area contributed by atoms with Gasteiger partial charge in [-0.3, -0.25) is 0 Å². The minimum absolute atomic E-state index is 0.278. The van der Waals surface area contributed by atoms with Crippen molar-refractivity contribution in [1.82, 2.24) is 0 Å². The molecule has 3 rings (SSSR count). The minimum Gasteiger partial charge on any atom is -0.486 e. The largest absolute Gasteiger partial charge is 0.486 e. The molecule has 1 atom stereocenters. The smallest absolute Gasteiger partial charge is 0.163 e. The molecule has 0 radical (unpaired) electrons. The van der Waals surface area contributed by atoms with Crippen LogP contribution >= 0.6 is 0 Å². The highest BCUT2D eigenvalue weighted by Crippen LogP contribution is 2.37. The number of hydrogen-bond acceptors (Lipinski definition) is 6. The first kappa shape index (κ1) is 13.3. The van der Waals surface area contributed by atoms with Gasteiger partial charge < -0.3 is 30.0 Å². The van der Waals surface area contributed by atoms with Gasteiger partial charge in [0.1, 0.15) is 18.8 Å². The van der Waals surface area contributed by atoms with Gasteiger partial charge in [-0.25, -0.2) is 0 Å². The predicted octanol–water partition coefficient (Wildman–Crippen LogP) is 1.26. The second-order valence-electron chi connectivity index (χ2n) is 5.13. The lowest BCUT2D eigenvalue weighted by molar-refractivity contribution is -0.00619. The number of methoxy groups -OCH3 is 1. The molecule has 0 spiro atoms. The number of nitrogens with two attached hydrogens (primary N) is 1. The Hall–Kier alpha value is -1.66. The van der Waals surface area contributed by atoms with Gasteiger partial charge in [-0.1, -0.05) is 0 Å². The molecule has 6 nitrogen and oxygen atoms in total. The van der Waals surface area contributed by atoms with E-state index in [0.717, 1.165) is 24.5 Å². The fourth-order valence-corrected chi connectivity index (χ4v) is 2.48. The van der Waals surface area contributed by atoms with Gasteiger partial charge in [0.15, 0.2) is 11.5 Å². The number of benzene rings is 1. The lowest BCUT2D eigenvalue weighted by Gasteiger charge is -2.27. The topological polar surface area (TPSA) is 75.0 Å². The molecule has 1 saturated heterocycles. The van der Waals surface area contributed by atoms with Crippen LogP contribution in [0.15, 0.2) is 12.1 Å². The number of anilines is 2. The normalized spacial score (nSPS) is 24.6. The Morgan fingerprint density at radius 3 is 2.65 bits per heavy atom. The molecule has 3 N–H and O–H groups in total. The van der Waals surface area contributed by atoms with Crippen LogP contribution < -0.4 is 20.5 Å². The molecule has 6 heteroatoms. The standard InChI is InChI=1S/C14H20N2O4/c1-17-14(2-3-18-9-14)8-16-11-7-13-12(6-10(11)15)19-4-5-20-13/h6-7,16H,2-5,8-9,15H2,1H3. The van der Waals surface area contributed by atoms with E-state index < -0.39 is 0 Å². The van der Waals surface area contributed by atoms with E-state index in [-0.39, 0.29) is 5.60 Å². The maximum atomic E-state index is 6.04. The van der Waals surface area contributed by atoms with Crippen LogP contribution in [0.1, 0.15) is 6.42 Å². The van der Waals surface area contributed by atoms with Gasteiger partial charge in [-0.15, -0.1) is 0 Å². The molecule has 0 saturated carbocycles. The maximum absolute atomic E-state index is 6.04. The number of nitrogen functional groups attached to an aromatic ring is 1. The number of hydrogen-bond donors (Lipinski definition) is 2. The van der Waals surface area contributed by atoms with Crippen molar-refractivity contribution < 1.29 is 18.9 Å². The van der Waals surface area contributed by atoms with Crippen molar-refractivity contribution >= 4 is 11.4 Å². The molecule has 0 amide bonds. The zero-order valence-corrected chi connectivity index (χ0v) is 11.6. The van der Waals surface area contributed by atoms with E-state index in [1.165, 1.54) is 0 Å². The summed E-state index contributed by atoms with van der Waals surface area (Å²) in [4.78, 5) is 0. The summed E-state index contributed by atoms with van der Waals surface area (Å²) in [5.41, 5.74) is 7.24. The summed E-state index contributed by atoms with van der Waals surface area (Å²) in [7, 11) is 1.71. The summed E-state index contributed by atoms with van der Waals surface area (Å²) < 4.78 is 22.1. The molecule has 0 aromatic heterocycles. The summed E-state index contributed by atoms with van der Waals surface area (Å²) in [6, 6.07) is 3.67. The SMILES string of the molecule is COC1(CNc2cc3c(cc2N)OCCO3)CCOC1. The van der Waals surface area contributed by atoms with E-state index in [1.54, 1.807) is 13.2 Å². The molecule has 0 aliphatic carbocycles. The summed E-state index contributed by atoms with van der Waals surface area (Å²) in [5.74, 6) is 1.42. The predicted molar refractivity (Wildman–Crippen MR) is 75.5 cm³/mol. The zero-order chi connectivity index (χ0) is 14.0. The van der Waals surface area contributed by atoms with Crippen molar-refractivity contribution in [1.29, 1.82) is 0 Å². The van der Waals surface area contributed by atoms with Gasteiger partial charge >= 0.3 is 0 Å². The van der Waals surface area contributed by atoms with E-state index in [0.29, 0.717) is 37.8 Å². The maximum Gasteiger partial charge on any atom is 0.163 e. The Labute approximate surface area is 118 Å². The van der Waals surface area contributed by atoms with Crippen LogP contribution in [0.25, 0.3) is 0 Å². The van der Waals surface area contributed by atoms with Crippen molar-refractivity contribution in [2.75, 3.05) is 51.1 Å². The third-order valence-electron chi connectivity index (χ3n) is 3.82. The summed E-state index contributed by atoms with van der Waals surface area (Å²) in [5, 5.41) is 3.33. The Morgan fingerprint density at radius 2 is 2.00 bits per heavy atom. The Balaban J connectivity index is 1.74. The third kappa shape index (κ3) is 2.48. The lowest BCUT2D eigenvalue weighted by atomic mass is 10.0. The van der Waals surface area contributed by atoms with Crippen LogP contribution in [0.4, 0.5) is 11.4 Å². The number of ether oxygens (including phenoxy) is 4. The van der Waals surface area contributed by atoms with Crippen LogP contribution in [-0.2, 0) is 9.47 Å². The van der Waals surface area contributed by atoms with Crippen LogP contribution in [0.2, 0.25) is 0 Å². The first-order valence-corrected chi connectivity index (χ1v) is 6.78. The van der Waals surface area contributed by atoms with E-state index in [1.807, 2.05) is 6.07 Å². The summed E-state index contributed by atoms with van der Waals surface area (Å²) >= 11 is 0. The lowest BCUT2D eigenvalue weighted by Crippen LogP contribution is -2.39. The van der Waals surface area contributed by atoms with Crippen molar-refractivity contribution in [3.63, 3.8) is 0 Å². The first-order chi connectivity index (χ1) is 9.72. The number of fused-ring (bicyclic) bond motifs is 1. The quantitative estimate of drug-likeness (QED) is 0.809. The molecule has 1 unspecified atom stereocenters. The Bertz CT molecular complexity index is 486. The van der Waals surface area contributed by atoms with Gasteiger partial charge in [0.2, 0.25) is 0 Å². The van der Waals surface area contributed by atoms with Gasteiger partial charge in [0, 0.05) is 38.8 Å². The van der Waals surface area contributed by atoms with E-state index in [9.17, 15) is 0 Å². The Morgan fingerprint density at radius 1 is 1.25 bits per heavy atom. The van der Waals surface area contributed by atoms with Gasteiger partial charge in [-0.05, 0) is 0 Å². The number of rotatable bonds is 4. The average Bonchev–Trinajstić information content (AvgIpc) is 2.94. The van der Waals surface area contributed by atoms with Crippen molar-refractivity contribution in [3.8, 4) is 11.5 Å². The molecule has 2 aliphatic rings. The second kappa shape index (κ2) is 5.38. The minimum atomic E-state index is -0.278. The molecule has 1 aromatic carbocycles. The van der Waals surface area contributed by atoms with Crippen molar-refractivity contribution in [3.05, 3.63) is 12.1 Å². The summed E-state index contributed by atoms with van der Waals surface area (Å²) in [6.07, 6.45) is 0.876. The molecule has 110 valence electrons. The third-order valence-corrected chi connectivity index (χ3v) is 3.82. The van der Waals surface area contributed by atoms with E-state index in [2.05, 4.69) is 5.32 Å². The highest BCUT2D eigenvalue weighted by Gasteiger charge is 2.34. The molecule has 1 aromatic rings. The van der Waals surface area contributed by atoms with Crippen LogP contribution in [-0.4, -0.2) is 45.7 Å². The van der Waals surface area contributed by atoms with Crippen LogP contribution in [0.3, 0.4) is 0 Å². The van der Waals surface area contributed by atoms with Crippen LogP contribution in [0.5, 0.6) is 11.5 Å². The molecule has 2 aliphatic heterocycles. The van der Waals surface area contributed by atoms with Crippen LogP contribution in [0, 0.1) is 0 Å². The monoisotopic (exact) mass is 280 g/mol. The highest BCUT2D eigenvalue weighted by molar-refractivity contribution is 5.72. The van der Waals surface area contributed by atoms with Gasteiger partial charge in [-0.2, -0.15) is 0 Å². The second-order valence-corrected chi connectivity index (χ2v) is 5.13. The molecular formula is C14H20N2O4. The zero-order valence-electron chi connectivity index (χ0n) is 11.6. The molecule has 0 bridgehead atoms. The first-order valence-electron chi connectivity index (χ1n) is 6.78. The van der Waals surface area contributed by atoms with E-state index >= 15 is 0 Å². The molecule has 2 heterocycles.